The summed E-state index contributed by atoms with van der Waals surface area (Å²) in [4.78, 5) is 8.72. The molecule has 0 bridgehead atoms. The van der Waals surface area contributed by atoms with E-state index >= 15 is 0 Å². The first-order valence-electron chi connectivity index (χ1n) is 5.90. The molecule has 0 aliphatic carbocycles. The molecule has 1 unspecified atom stereocenters. The van der Waals surface area contributed by atoms with Gasteiger partial charge in [-0.05, 0) is 37.6 Å². The van der Waals surface area contributed by atoms with Gasteiger partial charge in [0.1, 0.15) is 5.82 Å². The minimum atomic E-state index is 0.0745. The third-order valence-corrected chi connectivity index (χ3v) is 3.21. The lowest BCUT2D eigenvalue weighted by atomic mass is 10.1. The lowest BCUT2D eigenvalue weighted by Gasteiger charge is -2.15. The van der Waals surface area contributed by atoms with Crippen molar-refractivity contribution in [2.75, 3.05) is 7.05 Å². The van der Waals surface area contributed by atoms with E-state index in [1.807, 2.05) is 50.6 Å². The van der Waals surface area contributed by atoms with Gasteiger partial charge in [-0.3, -0.25) is 0 Å². The van der Waals surface area contributed by atoms with E-state index in [9.17, 15) is 0 Å². The Morgan fingerprint density at radius 3 is 2.50 bits per heavy atom. The van der Waals surface area contributed by atoms with E-state index in [1.165, 1.54) is 0 Å². The molecule has 0 saturated carbocycles. The van der Waals surface area contributed by atoms with Crippen LogP contribution in [0.3, 0.4) is 0 Å². The fourth-order valence-electron chi connectivity index (χ4n) is 1.79. The maximum absolute atomic E-state index is 6.17. The van der Waals surface area contributed by atoms with Crippen LogP contribution >= 0.6 is 11.6 Å². The zero-order chi connectivity index (χ0) is 13.0. The van der Waals surface area contributed by atoms with Crippen molar-refractivity contribution in [2.24, 2.45) is 0 Å². The standard InChI is InChI=1S/C14H16ClN3/c1-10-8-17-14(18-9-10)13(16-2)7-11-5-3-4-6-12(11)15/h3-6,8-9,13,16H,7H2,1-2H3. The molecular formula is C14H16ClN3. The van der Waals surface area contributed by atoms with Crippen LogP contribution < -0.4 is 5.32 Å². The first kappa shape index (κ1) is 13.0. The number of aromatic nitrogens is 2. The number of nitrogens with zero attached hydrogens (tertiary/aromatic N) is 2. The Hall–Kier alpha value is -1.45. The second kappa shape index (κ2) is 5.94. The number of benzene rings is 1. The molecule has 1 heterocycles. The fraction of sp³-hybridized carbons (Fsp3) is 0.286. The van der Waals surface area contributed by atoms with E-state index in [4.69, 9.17) is 11.6 Å². The molecule has 1 aromatic heterocycles. The summed E-state index contributed by atoms with van der Waals surface area (Å²) in [6.45, 7) is 1.98. The van der Waals surface area contributed by atoms with Gasteiger partial charge in [-0.15, -0.1) is 0 Å². The lowest BCUT2D eigenvalue weighted by molar-refractivity contribution is 0.556. The first-order valence-corrected chi connectivity index (χ1v) is 6.27. The molecule has 1 N–H and O–H groups in total. The predicted octanol–water partition coefficient (Wildman–Crippen LogP) is 2.94. The molecule has 0 aliphatic rings. The van der Waals surface area contributed by atoms with Gasteiger partial charge in [0, 0.05) is 17.4 Å². The van der Waals surface area contributed by atoms with E-state index in [0.29, 0.717) is 0 Å². The molecule has 2 aromatic rings. The Morgan fingerprint density at radius 2 is 1.89 bits per heavy atom. The van der Waals surface area contributed by atoms with Crippen LogP contribution in [-0.4, -0.2) is 17.0 Å². The monoisotopic (exact) mass is 261 g/mol. The molecule has 0 amide bonds. The van der Waals surface area contributed by atoms with Crippen molar-refractivity contribution in [3.8, 4) is 0 Å². The van der Waals surface area contributed by atoms with Gasteiger partial charge in [-0.25, -0.2) is 9.97 Å². The number of rotatable bonds is 4. The Labute approximate surface area is 112 Å². The Balaban J connectivity index is 2.20. The van der Waals surface area contributed by atoms with Crippen LogP contribution in [0.5, 0.6) is 0 Å². The SMILES string of the molecule is CNC(Cc1ccccc1Cl)c1ncc(C)cn1. The molecule has 1 atom stereocenters. The third kappa shape index (κ3) is 3.06. The second-order valence-electron chi connectivity index (χ2n) is 4.26. The predicted molar refractivity (Wildman–Crippen MR) is 73.7 cm³/mol. The fourth-order valence-corrected chi connectivity index (χ4v) is 2.00. The lowest BCUT2D eigenvalue weighted by Crippen LogP contribution is -2.21. The number of likely N-dealkylation sites (N-methyl/N-ethyl adjacent to an activating group) is 1. The molecule has 4 heteroatoms. The second-order valence-corrected chi connectivity index (χ2v) is 4.66. The summed E-state index contributed by atoms with van der Waals surface area (Å²) in [5.74, 6) is 0.794. The molecule has 0 saturated heterocycles. The largest absolute Gasteiger partial charge is 0.310 e. The summed E-state index contributed by atoms with van der Waals surface area (Å²) >= 11 is 6.17. The summed E-state index contributed by atoms with van der Waals surface area (Å²) in [7, 11) is 1.91. The van der Waals surface area contributed by atoms with Crippen molar-refractivity contribution in [2.45, 2.75) is 19.4 Å². The topological polar surface area (TPSA) is 37.8 Å². The highest BCUT2D eigenvalue weighted by Gasteiger charge is 2.14. The summed E-state index contributed by atoms with van der Waals surface area (Å²) in [6.07, 6.45) is 4.44. The van der Waals surface area contributed by atoms with Crippen molar-refractivity contribution in [3.63, 3.8) is 0 Å². The first-order chi connectivity index (χ1) is 8.70. The molecule has 1 aromatic carbocycles. The van der Waals surface area contributed by atoms with Crippen LogP contribution in [0.2, 0.25) is 5.02 Å². The molecule has 0 fully saturated rings. The van der Waals surface area contributed by atoms with E-state index in [2.05, 4.69) is 15.3 Å². The van der Waals surface area contributed by atoms with Crippen LogP contribution in [0, 0.1) is 6.92 Å². The van der Waals surface area contributed by atoms with Crippen molar-refractivity contribution >= 4 is 11.6 Å². The molecule has 0 spiro atoms. The molecule has 0 aliphatic heterocycles. The van der Waals surface area contributed by atoms with E-state index in [1.54, 1.807) is 0 Å². The highest BCUT2D eigenvalue weighted by Crippen LogP contribution is 2.21. The summed E-state index contributed by atoms with van der Waals surface area (Å²) in [5.41, 5.74) is 2.16. The average molecular weight is 262 g/mol. The number of hydrogen-bond acceptors (Lipinski definition) is 3. The average Bonchev–Trinajstić information content (AvgIpc) is 2.39. The van der Waals surface area contributed by atoms with Gasteiger partial charge < -0.3 is 5.32 Å². The van der Waals surface area contributed by atoms with Crippen molar-refractivity contribution < 1.29 is 0 Å². The number of halogens is 1. The van der Waals surface area contributed by atoms with E-state index in [0.717, 1.165) is 28.4 Å². The van der Waals surface area contributed by atoms with Crippen LogP contribution in [0.1, 0.15) is 23.0 Å². The molecule has 0 radical (unpaired) electrons. The van der Waals surface area contributed by atoms with Gasteiger partial charge in [0.05, 0.1) is 6.04 Å². The van der Waals surface area contributed by atoms with Gasteiger partial charge >= 0.3 is 0 Å². The minimum Gasteiger partial charge on any atom is -0.310 e. The normalized spacial score (nSPS) is 12.4. The third-order valence-electron chi connectivity index (χ3n) is 2.84. The molecular weight excluding hydrogens is 246 g/mol. The summed E-state index contributed by atoms with van der Waals surface area (Å²) < 4.78 is 0. The highest BCUT2D eigenvalue weighted by atomic mass is 35.5. The molecule has 94 valence electrons. The maximum atomic E-state index is 6.17. The number of nitrogens with one attached hydrogen (secondary N) is 1. The number of hydrogen-bond donors (Lipinski definition) is 1. The van der Waals surface area contributed by atoms with E-state index < -0.39 is 0 Å². The van der Waals surface area contributed by atoms with Crippen molar-refractivity contribution in [1.82, 2.24) is 15.3 Å². The zero-order valence-electron chi connectivity index (χ0n) is 10.5. The van der Waals surface area contributed by atoms with Gasteiger partial charge in [0.15, 0.2) is 0 Å². The minimum absolute atomic E-state index is 0.0745. The van der Waals surface area contributed by atoms with Gasteiger partial charge in [0.25, 0.3) is 0 Å². The number of aryl methyl sites for hydroxylation is 1. The van der Waals surface area contributed by atoms with Crippen LogP contribution in [0.4, 0.5) is 0 Å². The quantitative estimate of drug-likeness (QED) is 0.920. The van der Waals surface area contributed by atoms with Crippen molar-refractivity contribution in [1.29, 1.82) is 0 Å². The van der Waals surface area contributed by atoms with Crippen LogP contribution in [0.15, 0.2) is 36.7 Å². The Kier molecular flexibility index (Phi) is 4.28. The van der Waals surface area contributed by atoms with Gasteiger partial charge in [0.2, 0.25) is 0 Å². The van der Waals surface area contributed by atoms with Crippen LogP contribution in [0.25, 0.3) is 0 Å². The van der Waals surface area contributed by atoms with Crippen LogP contribution in [-0.2, 0) is 6.42 Å². The molecule has 18 heavy (non-hydrogen) atoms. The van der Waals surface area contributed by atoms with Gasteiger partial charge in [-0.1, -0.05) is 29.8 Å². The summed E-state index contributed by atoms with van der Waals surface area (Å²) in [5, 5.41) is 4.01. The zero-order valence-corrected chi connectivity index (χ0v) is 11.3. The summed E-state index contributed by atoms with van der Waals surface area (Å²) in [6, 6.07) is 7.93. The maximum Gasteiger partial charge on any atom is 0.145 e. The van der Waals surface area contributed by atoms with Crippen molar-refractivity contribution in [3.05, 3.63) is 58.6 Å². The van der Waals surface area contributed by atoms with Gasteiger partial charge in [-0.2, -0.15) is 0 Å². The highest BCUT2D eigenvalue weighted by molar-refractivity contribution is 6.31. The van der Waals surface area contributed by atoms with E-state index in [-0.39, 0.29) is 6.04 Å². The molecule has 2 rings (SSSR count). The Bertz CT molecular complexity index is 511. The Morgan fingerprint density at radius 1 is 1.22 bits per heavy atom. The molecule has 3 nitrogen and oxygen atoms in total. The smallest absolute Gasteiger partial charge is 0.145 e.